The van der Waals surface area contributed by atoms with Crippen LogP contribution < -0.4 is 4.90 Å². The maximum Gasteiger partial charge on any atom is 0.242 e. The van der Waals surface area contributed by atoms with E-state index in [4.69, 9.17) is 0 Å². The summed E-state index contributed by atoms with van der Waals surface area (Å²) in [5.41, 5.74) is 0.787. The van der Waals surface area contributed by atoms with Crippen molar-refractivity contribution in [3.05, 3.63) is 47.5 Å². The Morgan fingerprint density at radius 3 is 2.50 bits per heavy atom. The number of carbonyl (C=O) groups excluding carboxylic acids is 1. The number of likely N-dealkylation sites (N-methyl/N-ethyl adjacent to an activating group) is 1. The summed E-state index contributed by atoms with van der Waals surface area (Å²) in [5, 5.41) is 2.49. The maximum absolute atomic E-state index is 12.6. The SMILES string of the molecule is CN(C(=O)CN1CCN(S(=O)(=O)Cc2ccccc2)CC1)c1nccs1. The molecule has 1 amide bonds. The summed E-state index contributed by atoms with van der Waals surface area (Å²) >= 11 is 1.41. The quantitative estimate of drug-likeness (QED) is 0.737. The summed E-state index contributed by atoms with van der Waals surface area (Å²) < 4.78 is 26.7. The van der Waals surface area contributed by atoms with Gasteiger partial charge in [-0.15, -0.1) is 11.3 Å². The minimum Gasteiger partial charge on any atom is -0.292 e. The number of hydrogen-bond donors (Lipinski definition) is 0. The summed E-state index contributed by atoms with van der Waals surface area (Å²) in [5.74, 6) is -0.0277. The van der Waals surface area contributed by atoms with Crippen molar-refractivity contribution in [3.8, 4) is 0 Å². The Bertz CT molecular complexity index is 817. The zero-order valence-corrected chi connectivity index (χ0v) is 16.2. The molecule has 0 unspecified atom stereocenters. The van der Waals surface area contributed by atoms with Gasteiger partial charge in [-0.3, -0.25) is 14.6 Å². The third-order valence-electron chi connectivity index (χ3n) is 4.36. The summed E-state index contributed by atoms with van der Waals surface area (Å²) in [4.78, 5) is 20.0. The second-order valence-corrected chi connectivity index (χ2v) is 9.03. The number of benzene rings is 1. The van der Waals surface area contributed by atoms with E-state index in [1.54, 1.807) is 18.1 Å². The molecule has 0 radical (unpaired) electrons. The number of nitrogens with zero attached hydrogens (tertiary/aromatic N) is 4. The molecule has 0 spiro atoms. The fourth-order valence-corrected chi connectivity index (χ4v) is 4.97. The first kappa shape index (κ1) is 19.0. The van der Waals surface area contributed by atoms with Crippen LogP contribution in [-0.4, -0.2) is 68.3 Å². The highest BCUT2D eigenvalue weighted by atomic mass is 32.2. The summed E-state index contributed by atoms with van der Waals surface area (Å²) in [6.45, 7) is 2.17. The van der Waals surface area contributed by atoms with E-state index >= 15 is 0 Å². The first-order valence-corrected chi connectivity index (χ1v) is 10.8. The van der Waals surface area contributed by atoms with Crippen LogP contribution in [-0.2, 0) is 20.6 Å². The van der Waals surface area contributed by atoms with Crippen LogP contribution >= 0.6 is 11.3 Å². The van der Waals surface area contributed by atoms with Gasteiger partial charge in [0.1, 0.15) is 0 Å². The number of carbonyl (C=O) groups is 1. The molecule has 0 aliphatic carbocycles. The molecule has 26 heavy (non-hydrogen) atoms. The molecule has 1 aliphatic heterocycles. The number of piperazine rings is 1. The van der Waals surface area contributed by atoms with E-state index in [0.717, 1.165) is 5.56 Å². The van der Waals surface area contributed by atoms with Crippen molar-refractivity contribution in [1.29, 1.82) is 0 Å². The Hall–Kier alpha value is -1.81. The van der Waals surface area contributed by atoms with E-state index in [1.807, 2.05) is 40.6 Å². The minimum atomic E-state index is -3.34. The molecule has 1 aromatic heterocycles. The normalized spacial score (nSPS) is 16.5. The number of amides is 1. The van der Waals surface area contributed by atoms with Gasteiger partial charge in [-0.2, -0.15) is 4.31 Å². The van der Waals surface area contributed by atoms with E-state index in [2.05, 4.69) is 4.98 Å². The lowest BCUT2D eigenvalue weighted by Gasteiger charge is -2.34. The van der Waals surface area contributed by atoms with E-state index in [9.17, 15) is 13.2 Å². The molecule has 140 valence electrons. The predicted octanol–water partition coefficient (Wildman–Crippen LogP) is 1.25. The Kier molecular flexibility index (Phi) is 6.02. The van der Waals surface area contributed by atoms with Gasteiger partial charge in [0.25, 0.3) is 0 Å². The smallest absolute Gasteiger partial charge is 0.242 e. The molecule has 9 heteroatoms. The van der Waals surface area contributed by atoms with Crippen LogP contribution in [0.1, 0.15) is 5.56 Å². The topological polar surface area (TPSA) is 73.8 Å². The molecule has 1 fully saturated rings. The third-order valence-corrected chi connectivity index (χ3v) is 7.05. The van der Waals surface area contributed by atoms with Gasteiger partial charge in [-0.1, -0.05) is 30.3 Å². The molecule has 7 nitrogen and oxygen atoms in total. The molecule has 0 bridgehead atoms. The van der Waals surface area contributed by atoms with E-state index < -0.39 is 10.0 Å². The third kappa shape index (κ3) is 4.67. The fraction of sp³-hybridized carbons (Fsp3) is 0.412. The van der Waals surface area contributed by atoms with Gasteiger partial charge in [0.2, 0.25) is 15.9 Å². The van der Waals surface area contributed by atoms with E-state index in [1.165, 1.54) is 15.6 Å². The Morgan fingerprint density at radius 2 is 1.88 bits per heavy atom. The van der Waals surface area contributed by atoms with Gasteiger partial charge in [-0.25, -0.2) is 13.4 Å². The number of aromatic nitrogens is 1. The van der Waals surface area contributed by atoms with Crippen molar-refractivity contribution in [2.45, 2.75) is 5.75 Å². The fourth-order valence-electron chi connectivity index (χ4n) is 2.83. The molecule has 1 aromatic carbocycles. The molecule has 0 N–H and O–H groups in total. The van der Waals surface area contributed by atoms with Crippen molar-refractivity contribution in [3.63, 3.8) is 0 Å². The van der Waals surface area contributed by atoms with Gasteiger partial charge in [-0.05, 0) is 5.56 Å². The zero-order chi connectivity index (χ0) is 18.6. The average molecular weight is 395 g/mol. The molecule has 2 aromatic rings. The average Bonchev–Trinajstić information content (AvgIpc) is 3.16. The Labute approximate surface area is 157 Å². The van der Waals surface area contributed by atoms with Crippen LogP contribution in [0.25, 0.3) is 0 Å². The first-order valence-electron chi connectivity index (χ1n) is 8.36. The second kappa shape index (κ2) is 8.26. The standard InChI is InChI=1S/C17H22N4O3S2/c1-19(17-18-7-12-25-17)16(22)13-20-8-10-21(11-9-20)26(23,24)14-15-5-3-2-4-6-15/h2-7,12H,8-11,13-14H2,1H3. The summed E-state index contributed by atoms with van der Waals surface area (Å²) in [6, 6.07) is 9.19. The molecule has 1 aliphatic rings. The van der Waals surface area contributed by atoms with Gasteiger partial charge in [0.15, 0.2) is 5.13 Å². The summed E-state index contributed by atoms with van der Waals surface area (Å²) in [6.07, 6.45) is 1.67. The van der Waals surface area contributed by atoms with E-state index in [0.29, 0.717) is 31.3 Å². The highest BCUT2D eigenvalue weighted by molar-refractivity contribution is 7.88. The van der Waals surface area contributed by atoms with Crippen molar-refractivity contribution < 1.29 is 13.2 Å². The summed E-state index contributed by atoms with van der Waals surface area (Å²) in [7, 11) is -1.63. The molecule has 3 rings (SSSR count). The van der Waals surface area contributed by atoms with Crippen molar-refractivity contribution in [2.24, 2.45) is 0 Å². The highest BCUT2D eigenvalue weighted by Gasteiger charge is 2.28. The molecule has 2 heterocycles. The maximum atomic E-state index is 12.6. The predicted molar refractivity (Wildman–Crippen MR) is 103 cm³/mol. The van der Waals surface area contributed by atoms with Crippen molar-refractivity contribution in [2.75, 3.05) is 44.7 Å². The number of thiazole rings is 1. The number of rotatable bonds is 6. The Morgan fingerprint density at radius 1 is 1.19 bits per heavy atom. The van der Waals surface area contributed by atoms with Crippen LogP contribution in [0.4, 0.5) is 5.13 Å². The number of sulfonamides is 1. The lowest BCUT2D eigenvalue weighted by Crippen LogP contribution is -2.51. The van der Waals surface area contributed by atoms with Gasteiger partial charge in [0, 0.05) is 44.8 Å². The van der Waals surface area contributed by atoms with Crippen LogP contribution in [0, 0.1) is 0 Å². The number of hydrogen-bond acceptors (Lipinski definition) is 6. The lowest BCUT2D eigenvalue weighted by molar-refractivity contribution is -0.119. The molecule has 1 saturated heterocycles. The monoisotopic (exact) mass is 394 g/mol. The van der Waals surface area contributed by atoms with Gasteiger partial charge >= 0.3 is 0 Å². The van der Waals surface area contributed by atoms with Crippen molar-refractivity contribution >= 4 is 32.4 Å². The largest absolute Gasteiger partial charge is 0.292 e. The van der Waals surface area contributed by atoms with Gasteiger partial charge in [0.05, 0.1) is 12.3 Å². The second-order valence-electron chi connectivity index (χ2n) is 6.18. The van der Waals surface area contributed by atoms with Crippen LogP contribution in [0.2, 0.25) is 0 Å². The van der Waals surface area contributed by atoms with E-state index in [-0.39, 0.29) is 18.2 Å². The van der Waals surface area contributed by atoms with Crippen LogP contribution in [0.5, 0.6) is 0 Å². The number of anilines is 1. The van der Waals surface area contributed by atoms with Crippen LogP contribution in [0.3, 0.4) is 0 Å². The highest BCUT2D eigenvalue weighted by Crippen LogP contribution is 2.17. The molecule has 0 saturated carbocycles. The molecule has 0 atom stereocenters. The zero-order valence-electron chi connectivity index (χ0n) is 14.6. The van der Waals surface area contributed by atoms with Crippen molar-refractivity contribution in [1.82, 2.24) is 14.2 Å². The molecular formula is C17H22N4O3S2. The van der Waals surface area contributed by atoms with Gasteiger partial charge < -0.3 is 0 Å². The Balaban J connectivity index is 1.51. The minimum absolute atomic E-state index is 0.0134. The first-order chi connectivity index (χ1) is 12.5. The lowest BCUT2D eigenvalue weighted by atomic mass is 10.2. The molecular weight excluding hydrogens is 372 g/mol. The van der Waals surface area contributed by atoms with Crippen LogP contribution in [0.15, 0.2) is 41.9 Å².